The van der Waals surface area contributed by atoms with E-state index < -0.39 is 17.3 Å². The average Bonchev–Trinajstić information content (AvgIpc) is 3.52. The molecule has 0 saturated carbocycles. The number of anilines is 1. The first-order valence-corrected chi connectivity index (χ1v) is 10.1. The van der Waals surface area contributed by atoms with Crippen LogP contribution < -0.4 is 15.2 Å². The van der Waals surface area contributed by atoms with Gasteiger partial charge in [-0.2, -0.15) is 15.3 Å². The smallest absolute Gasteiger partial charge is 0.247 e. The molecule has 1 unspecified atom stereocenters. The Hall–Kier alpha value is -4.34. The van der Waals surface area contributed by atoms with Crippen molar-refractivity contribution in [2.45, 2.75) is 12.5 Å². The lowest BCUT2D eigenvalue weighted by Crippen LogP contribution is -2.28. The summed E-state index contributed by atoms with van der Waals surface area (Å²) in [6, 6.07) is 11.5. The predicted molar refractivity (Wildman–Crippen MR) is 118 cm³/mol. The van der Waals surface area contributed by atoms with Crippen LogP contribution in [0.5, 0.6) is 5.75 Å². The lowest BCUT2D eigenvalue weighted by molar-refractivity contribution is 0.401. The van der Waals surface area contributed by atoms with Gasteiger partial charge in [-0.15, -0.1) is 0 Å². The van der Waals surface area contributed by atoms with Gasteiger partial charge in [-0.3, -0.25) is 9.80 Å². The molecule has 0 bridgehead atoms. The number of nitrogens with zero attached hydrogens (tertiary/aromatic N) is 6. The van der Waals surface area contributed by atoms with Crippen LogP contribution in [0, 0.1) is 11.6 Å². The highest BCUT2D eigenvalue weighted by atomic mass is 19.1. The highest BCUT2D eigenvalue weighted by Crippen LogP contribution is 2.32. The maximum atomic E-state index is 15.1. The Morgan fingerprint density at radius 2 is 1.85 bits per heavy atom. The van der Waals surface area contributed by atoms with Gasteiger partial charge in [-0.25, -0.2) is 18.1 Å². The number of hydrogen-bond donors (Lipinski definition) is 0. The van der Waals surface area contributed by atoms with Crippen LogP contribution in [0.2, 0.25) is 0 Å². The van der Waals surface area contributed by atoms with Crippen molar-refractivity contribution in [3.8, 4) is 17.1 Å². The molecule has 33 heavy (non-hydrogen) atoms. The summed E-state index contributed by atoms with van der Waals surface area (Å²) >= 11 is 0. The van der Waals surface area contributed by atoms with E-state index in [2.05, 4.69) is 15.3 Å². The van der Waals surface area contributed by atoms with E-state index in [9.17, 15) is 9.18 Å². The molecule has 0 aliphatic carbocycles. The summed E-state index contributed by atoms with van der Waals surface area (Å²) in [7, 11) is 1.37. The summed E-state index contributed by atoms with van der Waals surface area (Å²) in [4.78, 5) is 13.0. The summed E-state index contributed by atoms with van der Waals surface area (Å²) in [5.74, 6) is -0.916. The normalized spacial score (nSPS) is 15.2. The molecule has 1 atom stereocenters. The molecule has 0 fully saturated rings. The molecule has 8 nitrogen and oxygen atoms in total. The zero-order chi connectivity index (χ0) is 22.9. The van der Waals surface area contributed by atoms with Gasteiger partial charge in [0.2, 0.25) is 5.43 Å². The van der Waals surface area contributed by atoms with Gasteiger partial charge in [0.1, 0.15) is 23.2 Å². The Labute approximate surface area is 187 Å². The molecule has 5 rings (SSSR count). The molecule has 0 saturated heterocycles. The van der Waals surface area contributed by atoms with Crippen LogP contribution in [0.25, 0.3) is 11.4 Å². The van der Waals surface area contributed by atoms with Gasteiger partial charge in [-0.05, 0) is 42.5 Å². The summed E-state index contributed by atoms with van der Waals surface area (Å²) in [6.07, 6.45) is 6.70. The van der Waals surface area contributed by atoms with E-state index in [0.29, 0.717) is 17.8 Å². The quantitative estimate of drug-likeness (QED) is 0.466. The van der Waals surface area contributed by atoms with Gasteiger partial charge in [-0.1, -0.05) is 0 Å². The van der Waals surface area contributed by atoms with Crippen molar-refractivity contribution in [2.24, 2.45) is 5.10 Å². The first-order valence-electron chi connectivity index (χ1n) is 10.1. The minimum Gasteiger partial charge on any atom is -0.491 e. The van der Waals surface area contributed by atoms with Gasteiger partial charge in [0.15, 0.2) is 11.6 Å². The zero-order valence-corrected chi connectivity index (χ0v) is 17.5. The van der Waals surface area contributed by atoms with Crippen molar-refractivity contribution in [3.05, 3.63) is 94.7 Å². The average molecular weight is 448 g/mol. The minimum absolute atomic E-state index is 0.0153. The van der Waals surface area contributed by atoms with Gasteiger partial charge in [0.25, 0.3) is 0 Å². The third kappa shape index (κ3) is 3.75. The van der Waals surface area contributed by atoms with Crippen LogP contribution in [0.4, 0.5) is 14.5 Å². The van der Waals surface area contributed by atoms with Crippen LogP contribution in [0.1, 0.15) is 18.2 Å². The Morgan fingerprint density at radius 3 is 2.55 bits per heavy atom. The molecule has 1 aliphatic heterocycles. The summed E-state index contributed by atoms with van der Waals surface area (Å²) in [5, 5.41) is 14.5. The van der Waals surface area contributed by atoms with Crippen LogP contribution in [0.15, 0.2) is 77.0 Å². The number of rotatable bonds is 5. The van der Waals surface area contributed by atoms with E-state index in [0.717, 1.165) is 0 Å². The number of ether oxygens (including phenoxy) is 1. The SMILES string of the molecule is COc1cn(-c2ccc(-n3cccn3)cc2F)nc(C2CC=NN2c2ccc(F)cc2)c1=O. The number of aromatic nitrogens is 4. The third-order valence-corrected chi connectivity index (χ3v) is 5.32. The highest BCUT2D eigenvalue weighted by Gasteiger charge is 2.30. The lowest BCUT2D eigenvalue weighted by Gasteiger charge is -2.23. The molecule has 10 heteroatoms. The highest BCUT2D eigenvalue weighted by molar-refractivity contribution is 5.67. The topological polar surface area (TPSA) is 77.5 Å². The molecule has 1 aliphatic rings. The van der Waals surface area contributed by atoms with E-state index in [1.807, 2.05) is 0 Å². The third-order valence-electron chi connectivity index (χ3n) is 5.32. The van der Waals surface area contributed by atoms with Crippen molar-refractivity contribution < 1.29 is 13.5 Å². The molecule has 166 valence electrons. The molecular formula is C23H18F2N6O2. The summed E-state index contributed by atoms with van der Waals surface area (Å²) in [5.41, 5.74) is 0.982. The van der Waals surface area contributed by atoms with E-state index >= 15 is 4.39 Å². The minimum atomic E-state index is -0.560. The molecule has 0 amide bonds. The number of methoxy groups -OCH3 is 1. The van der Waals surface area contributed by atoms with E-state index in [-0.39, 0.29) is 22.9 Å². The number of hydrazone groups is 1. The van der Waals surface area contributed by atoms with Crippen LogP contribution in [0.3, 0.4) is 0 Å². The fourth-order valence-electron chi connectivity index (χ4n) is 3.70. The molecule has 2 aromatic heterocycles. The Kier molecular flexibility index (Phi) is 5.17. The standard InChI is InChI=1S/C23H18F2N6O2/c1-33-21-14-30(19-8-7-17(13-18(19)25)29-12-2-10-26-29)28-22(23(21)32)20-9-11-27-31(20)16-5-3-15(24)4-6-16/h2-8,10-14,20H,9H2,1H3. The first kappa shape index (κ1) is 20.6. The fraction of sp³-hybridized carbons (Fsp3) is 0.130. The number of hydrogen-bond acceptors (Lipinski definition) is 6. The second-order valence-corrected chi connectivity index (χ2v) is 7.31. The van der Waals surface area contributed by atoms with Crippen LogP contribution in [-0.2, 0) is 0 Å². The van der Waals surface area contributed by atoms with Gasteiger partial charge < -0.3 is 4.74 Å². The molecule has 3 heterocycles. The van der Waals surface area contributed by atoms with E-state index in [4.69, 9.17) is 4.74 Å². The van der Waals surface area contributed by atoms with Crippen LogP contribution in [-0.4, -0.2) is 32.9 Å². The largest absolute Gasteiger partial charge is 0.491 e. The van der Waals surface area contributed by atoms with Gasteiger partial charge in [0, 0.05) is 31.1 Å². The second kappa shape index (κ2) is 8.30. The molecule has 0 N–H and O–H groups in total. The Morgan fingerprint density at radius 1 is 1.06 bits per heavy atom. The lowest BCUT2D eigenvalue weighted by atomic mass is 10.1. The van der Waals surface area contributed by atoms with Crippen LogP contribution >= 0.6 is 0 Å². The first-order chi connectivity index (χ1) is 16.0. The van der Waals surface area contributed by atoms with Crippen molar-refractivity contribution in [3.63, 3.8) is 0 Å². The Bertz CT molecular complexity index is 1380. The summed E-state index contributed by atoms with van der Waals surface area (Å²) in [6.45, 7) is 0. The molecular weight excluding hydrogens is 430 g/mol. The van der Waals surface area contributed by atoms with Gasteiger partial charge in [0.05, 0.1) is 24.7 Å². The second-order valence-electron chi connectivity index (χ2n) is 7.31. The van der Waals surface area contributed by atoms with Crippen molar-refractivity contribution in [1.82, 2.24) is 19.6 Å². The maximum absolute atomic E-state index is 15.1. The fourth-order valence-corrected chi connectivity index (χ4v) is 3.70. The van der Waals surface area contributed by atoms with E-state index in [1.54, 1.807) is 53.9 Å². The monoisotopic (exact) mass is 448 g/mol. The molecule has 0 radical (unpaired) electrons. The number of benzene rings is 2. The van der Waals surface area contributed by atoms with Crippen molar-refractivity contribution in [2.75, 3.05) is 12.1 Å². The van der Waals surface area contributed by atoms with Crippen molar-refractivity contribution >= 4 is 11.9 Å². The number of halogens is 2. The predicted octanol–water partition coefficient (Wildman–Crippen LogP) is 3.64. The van der Waals surface area contributed by atoms with E-state index in [1.165, 1.54) is 40.9 Å². The van der Waals surface area contributed by atoms with Gasteiger partial charge >= 0.3 is 0 Å². The molecule has 2 aromatic carbocycles. The zero-order valence-electron chi connectivity index (χ0n) is 17.5. The molecule has 4 aromatic rings. The van der Waals surface area contributed by atoms with Crippen molar-refractivity contribution in [1.29, 1.82) is 0 Å². The molecule has 0 spiro atoms. The Balaban J connectivity index is 1.58. The maximum Gasteiger partial charge on any atom is 0.247 e. The summed E-state index contributed by atoms with van der Waals surface area (Å²) < 4.78 is 36.5.